The molecule has 0 aliphatic heterocycles. The summed E-state index contributed by atoms with van der Waals surface area (Å²) in [5.41, 5.74) is 1.07. The molecule has 0 aliphatic carbocycles. The molecular formula is C17H13NO2S. The van der Waals surface area contributed by atoms with E-state index in [0.29, 0.717) is 16.9 Å². The summed E-state index contributed by atoms with van der Waals surface area (Å²) < 4.78 is 5.43. The molecule has 104 valence electrons. The van der Waals surface area contributed by atoms with Crippen LogP contribution in [0.1, 0.15) is 15.9 Å². The zero-order valence-corrected chi connectivity index (χ0v) is 12.3. The largest absolute Gasteiger partial charge is 0.454 e. The smallest absolute Gasteiger partial charge is 0.227 e. The van der Waals surface area contributed by atoms with Gasteiger partial charge in [-0.25, -0.2) is 0 Å². The summed E-state index contributed by atoms with van der Waals surface area (Å²) in [4.78, 5) is 13.3. The van der Waals surface area contributed by atoms with E-state index in [9.17, 15) is 4.79 Å². The molecule has 0 bridgehead atoms. The lowest BCUT2D eigenvalue weighted by Gasteiger charge is -2.08. The van der Waals surface area contributed by atoms with E-state index in [0.717, 1.165) is 4.90 Å². The van der Waals surface area contributed by atoms with Crippen molar-refractivity contribution in [3.8, 4) is 11.8 Å². The van der Waals surface area contributed by atoms with Crippen LogP contribution in [0.15, 0.2) is 65.8 Å². The molecule has 0 heterocycles. The highest BCUT2D eigenvalue weighted by Gasteiger charge is 2.12. The minimum Gasteiger partial charge on any atom is -0.454 e. The van der Waals surface area contributed by atoms with Crippen molar-refractivity contribution in [1.82, 2.24) is 0 Å². The molecule has 3 nitrogen and oxygen atoms in total. The van der Waals surface area contributed by atoms with Crippen molar-refractivity contribution in [2.75, 3.05) is 6.26 Å². The molecule has 4 heteroatoms. The maximum Gasteiger partial charge on any atom is 0.227 e. The fraction of sp³-hybridized carbons (Fsp3) is 0.0588. The third kappa shape index (κ3) is 3.74. The number of carbonyl (C=O) groups excluding carboxylic acids is 1. The van der Waals surface area contributed by atoms with Gasteiger partial charge in [-0.15, -0.1) is 11.8 Å². The summed E-state index contributed by atoms with van der Waals surface area (Å²) in [6.07, 6.45) is 1.98. The minimum atomic E-state index is -0.257. The number of hydrogen-bond acceptors (Lipinski definition) is 4. The zero-order valence-electron chi connectivity index (χ0n) is 11.5. The molecule has 2 aromatic rings. The van der Waals surface area contributed by atoms with Gasteiger partial charge in [0.15, 0.2) is 5.76 Å². The first-order valence-corrected chi connectivity index (χ1v) is 7.42. The lowest BCUT2D eigenvalue weighted by Crippen LogP contribution is -2.08. The van der Waals surface area contributed by atoms with Crippen LogP contribution < -0.4 is 4.74 Å². The number of benzene rings is 2. The van der Waals surface area contributed by atoms with Crippen LogP contribution in [0.4, 0.5) is 0 Å². The van der Waals surface area contributed by atoms with Crippen molar-refractivity contribution in [2.24, 2.45) is 0 Å². The number of ether oxygens (including phenoxy) is 1. The van der Waals surface area contributed by atoms with Crippen molar-refractivity contribution in [3.63, 3.8) is 0 Å². The van der Waals surface area contributed by atoms with Gasteiger partial charge >= 0.3 is 0 Å². The maximum absolute atomic E-state index is 12.2. The number of thioether (sulfide) groups is 1. The number of allylic oxidation sites excluding steroid dienone is 1. The Hall–Kier alpha value is -2.51. The summed E-state index contributed by atoms with van der Waals surface area (Å²) in [7, 11) is 0. The molecule has 2 aromatic carbocycles. The lowest BCUT2D eigenvalue weighted by atomic mass is 10.1. The topological polar surface area (TPSA) is 50.1 Å². The number of carbonyl (C=O) groups is 1. The average Bonchev–Trinajstić information content (AvgIpc) is 2.55. The van der Waals surface area contributed by atoms with Gasteiger partial charge in [-0.2, -0.15) is 5.26 Å². The molecule has 0 spiro atoms. The Morgan fingerprint density at radius 3 is 2.29 bits per heavy atom. The van der Waals surface area contributed by atoms with Crippen LogP contribution >= 0.6 is 11.8 Å². The Morgan fingerprint density at radius 2 is 1.76 bits per heavy atom. The van der Waals surface area contributed by atoms with Gasteiger partial charge in [0.05, 0.1) is 11.6 Å². The first kappa shape index (κ1) is 14.9. The second kappa shape index (κ2) is 6.78. The molecule has 0 atom stereocenters. The van der Waals surface area contributed by atoms with Crippen molar-refractivity contribution in [2.45, 2.75) is 4.90 Å². The van der Waals surface area contributed by atoms with E-state index in [4.69, 9.17) is 10.00 Å². The molecule has 2 rings (SSSR count). The van der Waals surface area contributed by atoms with Crippen LogP contribution in [0, 0.1) is 11.3 Å². The molecule has 0 aliphatic rings. The second-order valence-corrected chi connectivity index (χ2v) is 5.10. The van der Waals surface area contributed by atoms with Crippen LogP contribution in [0.3, 0.4) is 0 Å². The SMILES string of the molecule is C=C(Oc1ccc(C#N)cc1)C(=O)c1ccc(SC)cc1. The van der Waals surface area contributed by atoms with Crippen LogP contribution in [-0.2, 0) is 0 Å². The normalized spacial score (nSPS) is 9.71. The predicted molar refractivity (Wildman–Crippen MR) is 83.5 cm³/mol. The van der Waals surface area contributed by atoms with Gasteiger partial charge < -0.3 is 4.74 Å². The fourth-order valence-corrected chi connectivity index (χ4v) is 2.10. The molecule has 0 N–H and O–H groups in total. The highest BCUT2D eigenvalue weighted by atomic mass is 32.2. The molecule has 0 amide bonds. The highest BCUT2D eigenvalue weighted by molar-refractivity contribution is 7.98. The summed E-state index contributed by atoms with van der Waals surface area (Å²) >= 11 is 1.61. The number of nitriles is 1. The lowest BCUT2D eigenvalue weighted by molar-refractivity contribution is 0.0987. The minimum absolute atomic E-state index is 0.0524. The van der Waals surface area contributed by atoms with E-state index >= 15 is 0 Å². The summed E-state index contributed by atoms with van der Waals surface area (Å²) in [5.74, 6) is 0.275. The summed E-state index contributed by atoms with van der Waals surface area (Å²) in [6.45, 7) is 3.67. The Bertz CT molecular complexity index is 697. The number of hydrogen-bond donors (Lipinski definition) is 0. The van der Waals surface area contributed by atoms with Gasteiger partial charge in [-0.05, 0) is 54.8 Å². The van der Waals surface area contributed by atoms with Crippen LogP contribution in [0.2, 0.25) is 0 Å². The molecule has 0 aromatic heterocycles. The summed E-state index contributed by atoms with van der Waals surface area (Å²) in [5, 5.41) is 8.73. The van der Waals surface area contributed by atoms with E-state index in [1.165, 1.54) is 0 Å². The summed E-state index contributed by atoms with van der Waals surface area (Å²) in [6, 6.07) is 15.8. The van der Waals surface area contributed by atoms with Crippen molar-refractivity contribution in [3.05, 3.63) is 72.0 Å². The Labute approximate surface area is 127 Å². The monoisotopic (exact) mass is 295 g/mol. The first-order valence-electron chi connectivity index (χ1n) is 6.19. The molecule has 0 saturated heterocycles. The van der Waals surface area contributed by atoms with Gasteiger partial charge in [-0.1, -0.05) is 6.58 Å². The second-order valence-electron chi connectivity index (χ2n) is 4.22. The molecule has 0 fully saturated rings. The molecule has 21 heavy (non-hydrogen) atoms. The zero-order chi connectivity index (χ0) is 15.2. The maximum atomic E-state index is 12.2. The van der Waals surface area contributed by atoms with Gasteiger partial charge in [-0.3, -0.25) is 4.79 Å². The standard InChI is InChI=1S/C17H13NO2S/c1-12(20-15-7-3-13(11-18)4-8-15)17(19)14-5-9-16(21-2)10-6-14/h3-10H,1H2,2H3. The van der Waals surface area contributed by atoms with Crippen molar-refractivity contribution < 1.29 is 9.53 Å². The van der Waals surface area contributed by atoms with E-state index in [-0.39, 0.29) is 11.5 Å². The molecule has 0 unspecified atom stereocenters. The third-order valence-electron chi connectivity index (χ3n) is 2.83. The number of nitrogens with zero attached hydrogens (tertiary/aromatic N) is 1. The quantitative estimate of drug-likeness (QED) is 0.361. The van der Waals surface area contributed by atoms with E-state index in [1.807, 2.05) is 24.5 Å². The van der Waals surface area contributed by atoms with Gasteiger partial charge in [0.1, 0.15) is 5.75 Å². The van der Waals surface area contributed by atoms with Gasteiger partial charge in [0, 0.05) is 10.5 Å². The van der Waals surface area contributed by atoms with E-state index in [2.05, 4.69) is 6.58 Å². The van der Waals surface area contributed by atoms with E-state index in [1.54, 1.807) is 48.2 Å². The van der Waals surface area contributed by atoms with Crippen molar-refractivity contribution >= 4 is 17.5 Å². The van der Waals surface area contributed by atoms with Gasteiger partial charge in [0.2, 0.25) is 5.78 Å². The predicted octanol–water partition coefficient (Wildman–Crippen LogP) is 4.06. The highest BCUT2D eigenvalue weighted by Crippen LogP contribution is 2.19. The van der Waals surface area contributed by atoms with Gasteiger partial charge in [0.25, 0.3) is 0 Å². The fourth-order valence-electron chi connectivity index (χ4n) is 1.69. The van der Waals surface area contributed by atoms with Crippen LogP contribution in [0.25, 0.3) is 0 Å². The van der Waals surface area contributed by atoms with Crippen molar-refractivity contribution in [1.29, 1.82) is 5.26 Å². The van der Waals surface area contributed by atoms with Crippen LogP contribution in [-0.4, -0.2) is 12.0 Å². The first-order chi connectivity index (χ1) is 10.1. The van der Waals surface area contributed by atoms with E-state index < -0.39 is 0 Å². The molecular weight excluding hydrogens is 282 g/mol. The Kier molecular flexibility index (Phi) is 4.81. The molecule has 0 saturated carbocycles. The van der Waals surface area contributed by atoms with Crippen LogP contribution in [0.5, 0.6) is 5.75 Å². The number of ketones is 1. The number of rotatable bonds is 5. The Morgan fingerprint density at radius 1 is 1.14 bits per heavy atom. The number of Topliss-reactive ketones (excluding diaryl/α,β-unsaturated/α-hetero) is 1. The Balaban J connectivity index is 2.07. The third-order valence-corrected chi connectivity index (χ3v) is 3.57. The molecule has 0 radical (unpaired) electrons. The average molecular weight is 295 g/mol.